The zero-order chi connectivity index (χ0) is 9.68. The van der Waals surface area contributed by atoms with Crippen LogP contribution in [-0.2, 0) is 0 Å². The molecule has 1 aromatic rings. The van der Waals surface area contributed by atoms with Crippen molar-refractivity contribution in [1.82, 2.24) is 4.98 Å². The van der Waals surface area contributed by atoms with Crippen LogP contribution in [-0.4, -0.2) is 4.98 Å². The largest absolute Gasteiger partial charge is 0.242 e. The van der Waals surface area contributed by atoms with Gasteiger partial charge in [-0.15, -0.1) is 17.9 Å². The molecule has 0 spiro atoms. The van der Waals surface area contributed by atoms with E-state index in [1.165, 1.54) is 5.57 Å². The highest BCUT2D eigenvalue weighted by molar-refractivity contribution is 7.09. The summed E-state index contributed by atoms with van der Waals surface area (Å²) in [4.78, 5) is 4.38. The molecule has 13 heavy (non-hydrogen) atoms. The van der Waals surface area contributed by atoms with E-state index in [1.807, 2.05) is 13.0 Å². The van der Waals surface area contributed by atoms with Crippen molar-refractivity contribution in [2.75, 3.05) is 0 Å². The maximum Gasteiger partial charge on any atom is 0.0901 e. The first-order valence-corrected chi connectivity index (χ1v) is 5.30. The average Bonchev–Trinajstić information content (AvgIpc) is 2.48. The van der Waals surface area contributed by atoms with E-state index in [-0.39, 0.29) is 0 Å². The number of allylic oxidation sites excluding steroid dienone is 2. The zero-order valence-electron chi connectivity index (χ0n) is 8.21. The SMILES string of the molecule is C=CCC/C(C)=C/c1csc(C)n1. The quantitative estimate of drug-likeness (QED) is 0.662. The van der Waals surface area contributed by atoms with Gasteiger partial charge in [-0.2, -0.15) is 0 Å². The Morgan fingerprint density at radius 2 is 2.46 bits per heavy atom. The smallest absolute Gasteiger partial charge is 0.0901 e. The first-order valence-electron chi connectivity index (χ1n) is 4.42. The topological polar surface area (TPSA) is 12.9 Å². The summed E-state index contributed by atoms with van der Waals surface area (Å²) in [5, 5.41) is 3.22. The Balaban J connectivity index is 2.59. The second-order valence-electron chi connectivity index (χ2n) is 3.11. The molecule has 0 aliphatic rings. The van der Waals surface area contributed by atoms with Gasteiger partial charge >= 0.3 is 0 Å². The standard InChI is InChI=1S/C11H15NS/c1-4-5-6-9(2)7-11-8-13-10(3)12-11/h4,7-8H,1,5-6H2,2-3H3/b9-7+. The summed E-state index contributed by atoms with van der Waals surface area (Å²) in [6.45, 7) is 7.87. The number of thiazole rings is 1. The molecule has 0 aliphatic heterocycles. The monoisotopic (exact) mass is 193 g/mol. The Labute approximate surface area is 83.8 Å². The van der Waals surface area contributed by atoms with Gasteiger partial charge in [-0.25, -0.2) is 4.98 Å². The summed E-state index contributed by atoms with van der Waals surface area (Å²) >= 11 is 1.69. The first-order chi connectivity index (χ1) is 6.22. The highest BCUT2D eigenvalue weighted by Gasteiger charge is 1.94. The average molecular weight is 193 g/mol. The summed E-state index contributed by atoms with van der Waals surface area (Å²) in [5.74, 6) is 0. The number of aromatic nitrogens is 1. The number of hydrogen-bond acceptors (Lipinski definition) is 2. The van der Waals surface area contributed by atoms with Crippen LogP contribution in [0.4, 0.5) is 0 Å². The second kappa shape index (κ2) is 4.97. The molecular weight excluding hydrogens is 178 g/mol. The van der Waals surface area contributed by atoms with Gasteiger partial charge in [0.2, 0.25) is 0 Å². The molecule has 0 fully saturated rings. The lowest BCUT2D eigenvalue weighted by atomic mass is 10.1. The number of rotatable bonds is 4. The van der Waals surface area contributed by atoms with E-state index in [9.17, 15) is 0 Å². The van der Waals surface area contributed by atoms with Crippen molar-refractivity contribution in [2.24, 2.45) is 0 Å². The van der Waals surface area contributed by atoms with Crippen LogP contribution in [0.1, 0.15) is 30.5 Å². The van der Waals surface area contributed by atoms with E-state index < -0.39 is 0 Å². The molecule has 0 atom stereocenters. The molecule has 0 radical (unpaired) electrons. The molecule has 1 aromatic heterocycles. The molecule has 0 saturated carbocycles. The Kier molecular flexibility index (Phi) is 3.90. The summed E-state index contributed by atoms with van der Waals surface area (Å²) in [6.07, 6.45) is 6.22. The third kappa shape index (κ3) is 3.55. The van der Waals surface area contributed by atoms with Crippen molar-refractivity contribution >= 4 is 17.4 Å². The summed E-state index contributed by atoms with van der Waals surface area (Å²) < 4.78 is 0. The van der Waals surface area contributed by atoms with Gasteiger partial charge < -0.3 is 0 Å². The molecule has 0 amide bonds. The van der Waals surface area contributed by atoms with Crippen molar-refractivity contribution in [3.63, 3.8) is 0 Å². The minimum absolute atomic E-state index is 1.05. The van der Waals surface area contributed by atoms with Gasteiger partial charge in [0.05, 0.1) is 10.7 Å². The number of hydrogen-bond donors (Lipinski definition) is 0. The first kappa shape index (κ1) is 10.2. The van der Waals surface area contributed by atoms with Crippen LogP contribution >= 0.6 is 11.3 Å². The molecule has 0 saturated heterocycles. The summed E-state index contributed by atoms with van der Waals surface area (Å²) in [7, 11) is 0. The summed E-state index contributed by atoms with van der Waals surface area (Å²) in [5.41, 5.74) is 2.45. The van der Waals surface area contributed by atoms with Gasteiger partial charge in [-0.3, -0.25) is 0 Å². The van der Waals surface area contributed by atoms with E-state index in [0.717, 1.165) is 23.5 Å². The van der Waals surface area contributed by atoms with E-state index in [0.29, 0.717) is 0 Å². The molecule has 70 valence electrons. The Bertz CT molecular complexity index is 310. The lowest BCUT2D eigenvalue weighted by Gasteiger charge is -1.95. The van der Waals surface area contributed by atoms with Crippen molar-refractivity contribution < 1.29 is 0 Å². The lowest BCUT2D eigenvalue weighted by Crippen LogP contribution is -1.78. The molecule has 0 bridgehead atoms. The van der Waals surface area contributed by atoms with Crippen molar-refractivity contribution in [1.29, 1.82) is 0 Å². The predicted octanol–water partition coefficient (Wildman–Crippen LogP) is 3.82. The van der Waals surface area contributed by atoms with Crippen LogP contribution in [0.25, 0.3) is 6.08 Å². The lowest BCUT2D eigenvalue weighted by molar-refractivity contribution is 0.987. The zero-order valence-corrected chi connectivity index (χ0v) is 9.03. The Hall–Kier alpha value is -0.890. The maximum absolute atomic E-state index is 4.38. The molecule has 0 aromatic carbocycles. The van der Waals surface area contributed by atoms with E-state index in [2.05, 4.69) is 29.9 Å². The fraction of sp³-hybridized carbons (Fsp3) is 0.364. The summed E-state index contributed by atoms with van der Waals surface area (Å²) in [6, 6.07) is 0. The van der Waals surface area contributed by atoms with Crippen LogP contribution < -0.4 is 0 Å². The number of nitrogens with zero attached hydrogens (tertiary/aromatic N) is 1. The van der Waals surface area contributed by atoms with Gasteiger partial charge in [0.25, 0.3) is 0 Å². The van der Waals surface area contributed by atoms with Gasteiger partial charge in [0.15, 0.2) is 0 Å². The minimum atomic E-state index is 1.05. The highest BCUT2D eigenvalue weighted by atomic mass is 32.1. The van der Waals surface area contributed by atoms with Gasteiger partial charge in [-0.05, 0) is 32.8 Å². The normalized spacial score (nSPS) is 11.7. The Morgan fingerprint density at radius 1 is 1.69 bits per heavy atom. The molecule has 1 heterocycles. The Morgan fingerprint density at radius 3 is 3.00 bits per heavy atom. The molecule has 2 heteroatoms. The van der Waals surface area contributed by atoms with E-state index in [4.69, 9.17) is 0 Å². The van der Waals surface area contributed by atoms with E-state index >= 15 is 0 Å². The van der Waals surface area contributed by atoms with Crippen LogP contribution in [0, 0.1) is 6.92 Å². The number of aryl methyl sites for hydroxylation is 1. The van der Waals surface area contributed by atoms with Crippen LogP contribution in [0.5, 0.6) is 0 Å². The molecule has 0 unspecified atom stereocenters. The molecule has 0 N–H and O–H groups in total. The minimum Gasteiger partial charge on any atom is -0.242 e. The van der Waals surface area contributed by atoms with Crippen LogP contribution in [0.3, 0.4) is 0 Å². The van der Waals surface area contributed by atoms with Gasteiger partial charge in [0, 0.05) is 5.38 Å². The third-order valence-electron chi connectivity index (χ3n) is 1.77. The van der Waals surface area contributed by atoms with E-state index in [1.54, 1.807) is 11.3 Å². The van der Waals surface area contributed by atoms with Gasteiger partial charge in [-0.1, -0.05) is 11.6 Å². The third-order valence-corrected chi connectivity index (χ3v) is 2.57. The second-order valence-corrected chi connectivity index (χ2v) is 4.17. The maximum atomic E-state index is 4.38. The van der Waals surface area contributed by atoms with Crippen molar-refractivity contribution in [3.05, 3.63) is 34.3 Å². The van der Waals surface area contributed by atoms with Crippen molar-refractivity contribution in [3.8, 4) is 0 Å². The van der Waals surface area contributed by atoms with Crippen molar-refractivity contribution in [2.45, 2.75) is 26.7 Å². The van der Waals surface area contributed by atoms with Crippen LogP contribution in [0.2, 0.25) is 0 Å². The highest BCUT2D eigenvalue weighted by Crippen LogP contribution is 2.13. The fourth-order valence-corrected chi connectivity index (χ4v) is 1.67. The molecule has 1 rings (SSSR count). The van der Waals surface area contributed by atoms with Crippen LogP contribution in [0.15, 0.2) is 23.6 Å². The van der Waals surface area contributed by atoms with Gasteiger partial charge in [0.1, 0.15) is 0 Å². The molecule has 1 nitrogen and oxygen atoms in total. The predicted molar refractivity (Wildman–Crippen MR) is 59.9 cm³/mol. The molecular formula is C11H15NS. The molecule has 0 aliphatic carbocycles. The fourth-order valence-electron chi connectivity index (χ4n) is 1.10.